The molecule has 0 radical (unpaired) electrons. The van der Waals surface area contributed by atoms with E-state index in [1.165, 1.54) is 6.07 Å². The zero-order chi connectivity index (χ0) is 11.1. The molecule has 0 aromatic heterocycles. The van der Waals surface area contributed by atoms with Crippen molar-refractivity contribution in [3.8, 4) is 0 Å². The molecule has 1 fully saturated rings. The van der Waals surface area contributed by atoms with E-state index in [4.69, 9.17) is 0 Å². The third-order valence-electron chi connectivity index (χ3n) is 2.63. The highest BCUT2D eigenvalue weighted by Gasteiger charge is 2.33. The molecule has 0 unspecified atom stereocenters. The summed E-state index contributed by atoms with van der Waals surface area (Å²) in [6.45, 7) is 3.09. The van der Waals surface area contributed by atoms with Gasteiger partial charge in [0.05, 0.1) is 5.57 Å². The number of hydrogen-bond acceptors (Lipinski definition) is 0. The van der Waals surface area contributed by atoms with Gasteiger partial charge in [-0.15, -0.1) is 0 Å². The quantitative estimate of drug-likeness (QED) is 0.691. The second-order valence-electron chi connectivity index (χ2n) is 3.88. The molecule has 0 amide bonds. The lowest BCUT2D eigenvalue weighted by Gasteiger charge is -2.11. The lowest BCUT2D eigenvalue weighted by atomic mass is 10.0. The van der Waals surface area contributed by atoms with Crippen LogP contribution in [0.5, 0.6) is 0 Å². The molecule has 0 spiro atoms. The third kappa shape index (κ3) is 2.22. The average Bonchev–Trinajstić information content (AvgIpc) is 2.98. The number of alkyl halides is 3. The molecule has 1 aromatic rings. The van der Waals surface area contributed by atoms with Gasteiger partial charge in [-0.1, -0.05) is 30.8 Å². The second-order valence-corrected chi connectivity index (χ2v) is 3.88. The van der Waals surface area contributed by atoms with E-state index in [2.05, 4.69) is 6.58 Å². The Morgan fingerprint density at radius 3 is 2.47 bits per heavy atom. The number of benzene rings is 1. The molecule has 0 saturated heterocycles. The monoisotopic (exact) mass is 212 g/mol. The van der Waals surface area contributed by atoms with Crippen molar-refractivity contribution in [2.24, 2.45) is 0 Å². The number of rotatable bonds is 2. The highest BCUT2D eigenvalue weighted by atomic mass is 19.4. The van der Waals surface area contributed by atoms with Crippen molar-refractivity contribution in [2.75, 3.05) is 0 Å². The molecule has 80 valence electrons. The Bertz CT molecular complexity index is 386. The van der Waals surface area contributed by atoms with Gasteiger partial charge in [0.25, 0.3) is 0 Å². The molecule has 1 aliphatic rings. The lowest BCUT2D eigenvalue weighted by molar-refractivity contribution is -0.0686. The zero-order valence-electron chi connectivity index (χ0n) is 8.14. The lowest BCUT2D eigenvalue weighted by Crippen LogP contribution is -2.09. The largest absolute Gasteiger partial charge is 0.416 e. The van der Waals surface area contributed by atoms with Crippen LogP contribution in [0.3, 0.4) is 0 Å². The van der Waals surface area contributed by atoms with E-state index in [1.807, 2.05) is 6.07 Å². The predicted molar refractivity (Wildman–Crippen MR) is 53.5 cm³/mol. The van der Waals surface area contributed by atoms with E-state index in [0.29, 0.717) is 5.92 Å². The summed E-state index contributed by atoms with van der Waals surface area (Å²) in [5, 5.41) is 0. The second kappa shape index (κ2) is 3.40. The molecule has 3 heteroatoms. The van der Waals surface area contributed by atoms with Crippen LogP contribution in [-0.4, -0.2) is 6.18 Å². The number of halogens is 3. The van der Waals surface area contributed by atoms with E-state index < -0.39 is 11.7 Å². The summed E-state index contributed by atoms with van der Waals surface area (Å²) in [5.74, 6) is 0.464. The highest BCUT2D eigenvalue weighted by Crippen LogP contribution is 2.41. The summed E-state index contributed by atoms with van der Waals surface area (Å²) < 4.78 is 37.2. The topological polar surface area (TPSA) is 0 Å². The van der Waals surface area contributed by atoms with Gasteiger partial charge >= 0.3 is 6.18 Å². The van der Waals surface area contributed by atoms with E-state index in [1.54, 1.807) is 12.1 Å². The minimum absolute atomic E-state index is 0.187. The van der Waals surface area contributed by atoms with Gasteiger partial charge in [0.2, 0.25) is 0 Å². The van der Waals surface area contributed by atoms with Crippen molar-refractivity contribution in [3.05, 3.63) is 42.0 Å². The van der Waals surface area contributed by atoms with Gasteiger partial charge in [-0.3, -0.25) is 0 Å². The molecule has 0 bridgehead atoms. The summed E-state index contributed by atoms with van der Waals surface area (Å²) in [6.07, 6.45) is -2.16. The smallest absolute Gasteiger partial charge is 0.166 e. The van der Waals surface area contributed by atoms with Gasteiger partial charge in [0.15, 0.2) is 0 Å². The fourth-order valence-corrected chi connectivity index (χ4v) is 1.56. The Kier molecular flexibility index (Phi) is 2.33. The molecule has 0 N–H and O–H groups in total. The van der Waals surface area contributed by atoms with E-state index in [9.17, 15) is 13.2 Å². The van der Waals surface area contributed by atoms with Crippen LogP contribution < -0.4 is 0 Å². The maximum Gasteiger partial charge on any atom is 0.416 e. The molecule has 2 rings (SSSR count). The van der Waals surface area contributed by atoms with E-state index in [-0.39, 0.29) is 5.56 Å². The Morgan fingerprint density at radius 2 is 1.93 bits per heavy atom. The molecule has 1 saturated carbocycles. The summed E-state index contributed by atoms with van der Waals surface area (Å²) >= 11 is 0. The highest BCUT2D eigenvalue weighted by molar-refractivity contribution is 5.68. The fraction of sp³-hybridized carbons (Fsp3) is 0.333. The molecular weight excluding hydrogens is 201 g/mol. The molecule has 0 atom stereocenters. The fourth-order valence-electron chi connectivity index (χ4n) is 1.56. The molecule has 0 nitrogen and oxygen atoms in total. The first-order valence-corrected chi connectivity index (χ1v) is 4.85. The van der Waals surface area contributed by atoms with Gasteiger partial charge in [0.1, 0.15) is 0 Å². The van der Waals surface area contributed by atoms with Crippen LogP contribution >= 0.6 is 0 Å². The number of hydrogen-bond donors (Lipinski definition) is 0. The molecule has 1 aromatic carbocycles. The molecule has 0 heterocycles. The SMILES string of the molecule is C=C(c1cccc(C2CC2)c1)C(F)(F)F. The Labute approximate surface area is 86.4 Å². The van der Waals surface area contributed by atoms with E-state index >= 15 is 0 Å². The van der Waals surface area contributed by atoms with Crippen LogP contribution in [0.4, 0.5) is 13.2 Å². The molecule has 15 heavy (non-hydrogen) atoms. The van der Waals surface area contributed by atoms with Crippen LogP contribution in [-0.2, 0) is 0 Å². The first-order valence-electron chi connectivity index (χ1n) is 4.85. The van der Waals surface area contributed by atoms with Crippen LogP contribution in [0.15, 0.2) is 30.8 Å². The zero-order valence-corrected chi connectivity index (χ0v) is 8.14. The van der Waals surface area contributed by atoms with Crippen molar-refractivity contribution in [1.29, 1.82) is 0 Å². The summed E-state index contributed by atoms with van der Waals surface area (Å²) in [5.41, 5.74) is 0.426. The maximum absolute atomic E-state index is 12.4. The molecule has 0 aliphatic heterocycles. The van der Waals surface area contributed by atoms with Gasteiger partial charge in [-0.2, -0.15) is 13.2 Å². The van der Waals surface area contributed by atoms with Crippen molar-refractivity contribution < 1.29 is 13.2 Å². The Hall–Kier alpha value is -1.25. The van der Waals surface area contributed by atoms with Gasteiger partial charge in [0, 0.05) is 0 Å². The van der Waals surface area contributed by atoms with E-state index in [0.717, 1.165) is 18.4 Å². The van der Waals surface area contributed by atoms with Crippen molar-refractivity contribution in [1.82, 2.24) is 0 Å². The third-order valence-corrected chi connectivity index (χ3v) is 2.63. The first-order chi connectivity index (χ1) is 6.98. The van der Waals surface area contributed by atoms with Crippen LogP contribution in [0.25, 0.3) is 5.57 Å². The van der Waals surface area contributed by atoms with Crippen molar-refractivity contribution >= 4 is 5.57 Å². The predicted octanol–water partition coefficient (Wildman–Crippen LogP) is 4.14. The summed E-state index contributed by atoms with van der Waals surface area (Å²) in [4.78, 5) is 0. The minimum Gasteiger partial charge on any atom is -0.166 e. The molecule has 1 aliphatic carbocycles. The van der Waals surface area contributed by atoms with Crippen LogP contribution in [0, 0.1) is 0 Å². The van der Waals surface area contributed by atoms with Crippen LogP contribution in [0.2, 0.25) is 0 Å². The van der Waals surface area contributed by atoms with Gasteiger partial charge in [-0.05, 0) is 29.9 Å². The summed E-state index contributed by atoms with van der Waals surface area (Å²) in [7, 11) is 0. The normalized spacial score (nSPS) is 16.5. The Balaban J connectivity index is 2.28. The van der Waals surface area contributed by atoms with Crippen LogP contribution in [0.1, 0.15) is 29.9 Å². The average molecular weight is 212 g/mol. The standard InChI is InChI=1S/C12H11F3/c1-8(12(13,14)15)10-3-2-4-11(7-10)9-5-6-9/h2-4,7,9H,1,5-6H2. The maximum atomic E-state index is 12.4. The summed E-state index contributed by atoms with van der Waals surface area (Å²) in [6, 6.07) is 6.61. The number of allylic oxidation sites excluding steroid dienone is 1. The van der Waals surface area contributed by atoms with Crippen molar-refractivity contribution in [3.63, 3.8) is 0 Å². The Morgan fingerprint density at radius 1 is 1.27 bits per heavy atom. The van der Waals surface area contributed by atoms with Crippen molar-refractivity contribution in [2.45, 2.75) is 24.9 Å². The molecular formula is C12H11F3. The van der Waals surface area contributed by atoms with Gasteiger partial charge < -0.3 is 0 Å². The minimum atomic E-state index is -4.33. The first kappa shape index (κ1) is 10.3. The van der Waals surface area contributed by atoms with Gasteiger partial charge in [-0.25, -0.2) is 0 Å².